The summed E-state index contributed by atoms with van der Waals surface area (Å²) in [6, 6.07) is 14.0. The van der Waals surface area contributed by atoms with Crippen molar-refractivity contribution in [1.82, 2.24) is 10.2 Å². The summed E-state index contributed by atoms with van der Waals surface area (Å²) in [5.41, 5.74) is 1.13. The van der Waals surface area contributed by atoms with Gasteiger partial charge in [0.15, 0.2) is 15.9 Å². The number of hydrogen-bond donors (Lipinski definition) is 1. The van der Waals surface area contributed by atoms with Crippen LogP contribution in [-0.2, 0) is 10.5 Å². The summed E-state index contributed by atoms with van der Waals surface area (Å²) >= 11 is 21.3. The van der Waals surface area contributed by atoms with E-state index in [1.165, 1.54) is 41.1 Å². The van der Waals surface area contributed by atoms with Gasteiger partial charge >= 0.3 is 0 Å². The molecule has 4 aromatic rings. The third-order valence-electron chi connectivity index (χ3n) is 5.37. The second-order valence-electron chi connectivity index (χ2n) is 7.54. The molecule has 1 atom stereocenters. The number of thioether (sulfide) groups is 1. The standard InChI is InChI=1S/C24H14Cl3N3O4S2/c25-13-7-8-14(16(27)10-13)19-18(20(31)17-6-3-9-34-17)21(32)22(33)30(19)23-28-29-24(36-23)35-11-12-4-1-2-5-15(12)26/h1-10,19,32H,11H2. The number of nitrogens with zero attached hydrogens (tertiary/aromatic N) is 3. The maximum absolute atomic E-state index is 13.3. The van der Waals surface area contributed by atoms with Crippen molar-refractivity contribution < 1.29 is 19.1 Å². The molecule has 0 radical (unpaired) electrons. The van der Waals surface area contributed by atoms with Gasteiger partial charge in [0, 0.05) is 20.8 Å². The van der Waals surface area contributed by atoms with Crippen LogP contribution < -0.4 is 4.90 Å². The number of amides is 1. The second-order valence-corrected chi connectivity index (χ2v) is 11.0. The van der Waals surface area contributed by atoms with Crippen LogP contribution >= 0.6 is 57.9 Å². The Kier molecular flexibility index (Phi) is 7.09. The summed E-state index contributed by atoms with van der Waals surface area (Å²) in [6.07, 6.45) is 1.33. The van der Waals surface area contributed by atoms with Crippen molar-refractivity contribution in [1.29, 1.82) is 0 Å². The van der Waals surface area contributed by atoms with Gasteiger partial charge in [0.05, 0.1) is 17.9 Å². The van der Waals surface area contributed by atoms with Gasteiger partial charge in [0.1, 0.15) is 0 Å². The minimum atomic E-state index is -1.07. The van der Waals surface area contributed by atoms with E-state index in [2.05, 4.69) is 10.2 Å². The lowest BCUT2D eigenvalue weighted by Gasteiger charge is -2.24. The Labute approximate surface area is 228 Å². The molecule has 1 aliphatic rings. The highest BCUT2D eigenvalue weighted by molar-refractivity contribution is 8.00. The number of Topliss-reactive ketones (excluding diaryl/α,β-unsaturated/α-hetero) is 1. The van der Waals surface area contributed by atoms with Crippen molar-refractivity contribution in [3.8, 4) is 0 Å². The van der Waals surface area contributed by atoms with Crippen LogP contribution in [-0.4, -0.2) is 27.0 Å². The number of benzene rings is 2. The van der Waals surface area contributed by atoms with E-state index in [-0.39, 0.29) is 21.5 Å². The molecule has 1 N–H and O–H groups in total. The first-order valence-electron chi connectivity index (χ1n) is 10.3. The minimum Gasteiger partial charge on any atom is -0.503 e. The van der Waals surface area contributed by atoms with E-state index < -0.39 is 23.5 Å². The van der Waals surface area contributed by atoms with E-state index in [1.807, 2.05) is 18.2 Å². The van der Waals surface area contributed by atoms with E-state index in [9.17, 15) is 14.7 Å². The van der Waals surface area contributed by atoms with Gasteiger partial charge in [-0.15, -0.1) is 10.2 Å². The normalized spacial score (nSPS) is 15.7. The largest absolute Gasteiger partial charge is 0.503 e. The van der Waals surface area contributed by atoms with Crippen LogP contribution in [0.4, 0.5) is 5.13 Å². The van der Waals surface area contributed by atoms with E-state index in [4.69, 9.17) is 39.2 Å². The fourth-order valence-corrected chi connectivity index (χ4v) is 6.37. The maximum Gasteiger partial charge on any atom is 0.296 e. The zero-order valence-corrected chi connectivity index (χ0v) is 21.9. The number of aliphatic hydroxyl groups is 1. The summed E-state index contributed by atoms with van der Waals surface area (Å²) < 4.78 is 5.81. The third kappa shape index (κ3) is 4.65. The molecule has 0 saturated carbocycles. The van der Waals surface area contributed by atoms with Crippen LogP contribution in [0.15, 0.2) is 80.9 Å². The topological polar surface area (TPSA) is 96.5 Å². The molecular formula is C24H14Cl3N3O4S2. The monoisotopic (exact) mass is 577 g/mol. The van der Waals surface area contributed by atoms with Crippen molar-refractivity contribution in [2.75, 3.05) is 4.90 Å². The van der Waals surface area contributed by atoms with E-state index >= 15 is 0 Å². The van der Waals surface area contributed by atoms with Gasteiger partial charge in [-0.05, 0) is 41.5 Å². The third-order valence-corrected chi connectivity index (χ3v) is 8.40. The maximum atomic E-state index is 13.3. The molecule has 12 heteroatoms. The Morgan fingerprint density at radius 2 is 1.89 bits per heavy atom. The van der Waals surface area contributed by atoms with Crippen LogP contribution in [0.25, 0.3) is 0 Å². The highest BCUT2D eigenvalue weighted by atomic mass is 35.5. The number of ketones is 1. The zero-order valence-electron chi connectivity index (χ0n) is 18.0. The number of rotatable bonds is 7. The SMILES string of the molecule is O=C(C1=C(O)C(=O)N(c2nnc(SCc3ccccc3Cl)s2)C1c1ccc(Cl)cc1Cl)c1ccco1. The van der Waals surface area contributed by atoms with Crippen LogP contribution in [0, 0.1) is 0 Å². The second kappa shape index (κ2) is 10.3. The zero-order chi connectivity index (χ0) is 25.4. The highest BCUT2D eigenvalue weighted by Gasteiger charge is 2.47. The van der Waals surface area contributed by atoms with Crippen molar-refractivity contribution in [3.63, 3.8) is 0 Å². The van der Waals surface area contributed by atoms with Gasteiger partial charge in [-0.3, -0.25) is 14.5 Å². The summed E-state index contributed by atoms with van der Waals surface area (Å²) in [7, 11) is 0. The van der Waals surface area contributed by atoms with Crippen molar-refractivity contribution in [2.45, 2.75) is 16.1 Å². The summed E-state index contributed by atoms with van der Waals surface area (Å²) in [5, 5.41) is 20.6. The van der Waals surface area contributed by atoms with E-state index in [0.29, 0.717) is 25.7 Å². The number of halogens is 3. The molecule has 1 unspecified atom stereocenters. The summed E-state index contributed by atoms with van der Waals surface area (Å²) in [4.78, 5) is 27.8. The molecule has 0 spiro atoms. The Hall–Kier alpha value is -2.82. The van der Waals surface area contributed by atoms with Crippen LogP contribution in [0.1, 0.15) is 27.7 Å². The van der Waals surface area contributed by atoms with Gasteiger partial charge in [-0.1, -0.05) is 82.2 Å². The van der Waals surface area contributed by atoms with Gasteiger partial charge < -0.3 is 9.52 Å². The number of aromatic nitrogens is 2. The number of aliphatic hydroxyl groups excluding tert-OH is 1. The molecule has 0 bridgehead atoms. The number of carbonyl (C=O) groups excluding carboxylic acids is 2. The van der Waals surface area contributed by atoms with Crippen molar-refractivity contribution >= 4 is 74.7 Å². The molecule has 1 aliphatic heterocycles. The molecule has 3 heterocycles. The molecule has 0 aliphatic carbocycles. The first-order chi connectivity index (χ1) is 17.3. The lowest BCUT2D eigenvalue weighted by Crippen LogP contribution is -2.31. The van der Waals surface area contributed by atoms with Crippen molar-refractivity contribution in [2.24, 2.45) is 0 Å². The first kappa shape index (κ1) is 24.9. The average Bonchev–Trinajstić information content (AvgIpc) is 3.60. The molecule has 0 fully saturated rings. The molecule has 36 heavy (non-hydrogen) atoms. The fourth-order valence-electron chi connectivity index (χ4n) is 3.71. The van der Waals surface area contributed by atoms with Gasteiger partial charge in [-0.2, -0.15) is 0 Å². The van der Waals surface area contributed by atoms with Crippen LogP contribution in [0.3, 0.4) is 0 Å². The highest BCUT2D eigenvalue weighted by Crippen LogP contribution is 2.46. The molecule has 2 aromatic heterocycles. The fraction of sp³-hybridized carbons (Fsp3) is 0.0833. The van der Waals surface area contributed by atoms with Crippen molar-refractivity contribution in [3.05, 3.63) is 104 Å². The molecule has 5 rings (SSSR count). The number of carbonyl (C=O) groups is 2. The average molecular weight is 579 g/mol. The number of furan rings is 1. The first-order valence-corrected chi connectivity index (χ1v) is 13.3. The number of anilines is 1. The predicted octanol–water partition coefficient (Wildman–Crippen LogP) is 7.17. The Morgan fingerprint density at radius 1 is 1.08 bits per heavy atom. The lowest BCUT2D eigenvalue weighted by atomic mass is 9.95. The minimum absolute atomic E-state index is 0.0328. The summed E-state index contributed by atoms with van der Waals surface area (Å²) in [5.74, 6) is -1.66. The summed E-state index contributed by atoms with van der Waals surface area (Å²) in [6.45, 7) is 0. The Morgan fingerprint density at radius 3 is 2.61 bits per heavy atom. The van der Waals surface area contributed by atoms with Crippen LogP contribution in [0.5, 0.6) is 0 Å². The van der Waals surface area contributed by atoms with Gasteiger partial charge in [-0.25, -0.2) is 0 Å². The lowest BCUT2D eigenvalue weighted by molar-refractivity contribution is -0.117. The Bertz CT molecular complexity index is 1500. The van der Waals surface area contributed by atoms with Gasteiger partial charge in [0.2, 0.25) is 10.9 Å². The molecule has 182 valence electrons. The van der Waals surface area contributed by atoms with E-state index in [1.54, 1.807) is 18.2 Å². The van der Waals surface area contributed by atoms with Gasteiger partial charge in [0.25, 0.3) is 5.91 Å². The molecule has 1 amide bonds. The molecule has 2 aromatic carbocycles. The molecular weight excluding hydrogens is 565 g/mol. The number of hydrogen-bond acceptors (Lipinski definition) is 8. The molecule has 7 nitrogen and oxygen atoms in total. The quantitative estimate of drug-likeness (QED) is 0.141. The smallest absolute Gasteiger partial charge is 0.296 e. The molecule has 0 saturated heterocycles. The van der Waals surface area contributed by atoms with Crippen LogP contribution in [0.2, 0.25) is 15.1 Å². The van der Waals surface area contributed by atoms with E-state index in [0.717, 1.165) is 16.9 Å². The predicted molar refractivity (Wildman–Crippen MR) is 140 cm³/mol. The Balaban J connectivity index is 1.52.